The molecule has 152 valence electrons. The highest BCUT2D eigenvalue weighted by molar-refractivity contribution is 5.99. The fraction of sp³-hybridized carbons (Fsp3) is 0.182. The minimum atomic E-state index is -0.951. The predicted octanol–water partition coefficient (Wildman–Crippen LogP) is 3.15. The van der Waals surface area contributed by atoms with E-state index in [-0.39, 0.29) is 13.0 Å². The minimum absolute atomic E-state index is 0.0794. The van der Waals surface area contributed by atoms with Crippen LogP contribution >= 0.6 is 0 Å². The number of imidazole rings is 1. The van der Waals surface area contributed by atoms with Gasteiger partial charge in [0.15, 0.2) is 0 Å². The maximum absolute atomic E-state index is 13.4. The number of aromatic amines is 1. The van der Waals surface area contributed by atoms with Crippen molar-refractivity contribution in [2.24, 2.45) is 0 Å². The second kappa shape index (κ2) is 8.28. The number of amides is 1. The van der Waals surface area contributed by atoms with E-state index in [1.807, 2.05) is 6.07 Å². The van der Waals surface area contributed by atoms with Gasteiger partial charge in [-0.2, -0.15) is 0 Å². The molecule has 7 nitrogen and oxygen atoms in total. The van der Waals surface area contributed by atoms with Gasteiger partial charge in [0.25, 0.3) is 5.91 Å². The van der Waals surface area contributed by atoms with Crippen LogP contribution in [0.5, 0.6) is 0 Å². The molecule has 0 aliphatic rings. The highest BCUT2D eigenvalue weighted by Crippen LogP contribution is 2.16. The Kier molecular flexibility index (Phi) is 5.38. The number of fused-ring (bicyclic) bond motifs is 2. The third-order valence-corrected chi connectivity index (χ3v) is 4.63. The maximum Gasteiger partial charge on any atom is 0.329 e. The van der Waals surface area contributed by atoms with Gasteiger partial charge in [-0.15, -0.1) is 0 Å². The monoisotopic (exact) mass is 406 g/mol. The van der Waals surface area contributed by atoms with Gasteiger partial charge in [-0.1, -0.05) is 6.07 Å². The van der Waals surface area contributed by atoms with E-state index in [9.17, 15) is 14.0 Å². The molecule has 1 amide bonds. The van der Waals surface area contributed by atoms with E-state index in [2.05, 4.69) is 20.3 Å². The molecule has 8 heteroatoms. The smallest absolute Gasteiger partial charge is 0.329 e. The van der Waals surface area contributed by atoms with Crippen molar-refractivity contribution >= 4 is 33.8 Å². The van der Waals surface area contributed by atoms with E-state index in [1.54, 1.807) is 43.5 Å². The van der Waals surface area contributed by atoms with Crippen molar-refractivity contribution in [3.05, 3.63) is 71.9 Å². The summed E-state index contributed by atoms with van der Waals surface area (Å²) in [5, 5.41) is 3.54. The zero-order valence-corrected chi connectivity index (χ0v) is 16.2. The molecule has 0 bridgehead atoms. The van der Waals surface area contributed by atoms with Crippen LogP contribution < -0.4 is 5.32 Å². The first-order chi connectivity index (χ1) is 14.5. The predicted molar refractivity (Wildman–Crippen MR) is 109 cm³/mol. The Labute approximate surface area is 171 Å². The Morgan fingerprint density at radius 1 is 1.17 bits per heavy atom. The molecule has 0 fully saturated rings. The second-order valence-corrected chi connectivity index (χ2v) is 6.74. The van der Waals surface area contributed by atoms with E-state index < -0.39 is 23.7 Å². The zero-order valence-electron chi connectivity index (χ0n) is 16.2. The number of halogens is 1. The molecule has 30 heavy (non-hydrogen) atoms. The van der Waals surface area contributed by atoms with Gasteiger partial charge in [0, 0.05) is 23.6 Å². The summed E-state index contributed by atoms with van der Waals surface area (Å²) in [7, 11) is 0. The Bertz CT molecular complexity index is 1240. The summed E-state index contributed by atoms with van der Waals surface area (Å²) in [6, 6.07) is 12.0. The summed E-state index contributed by atoms with van der Waals surface area (Å²) >= 11 is 0. The van der Waals surface area contributed by atoms with Crippen LogP contribution in [0.1, 0.15) is 23.1 Å². The number of pyridine rings is 1. The van der Waals surface area contributed by atoms with Gasteiger partial charge in [-0.05, 0) is 49.4 Å². The van der Waals surface area contributed by atoms with Crippen molar-refractivity contribution in [3.8, 4) is 0 Å². The fourth-order valence-corrected chi connectivity index (χ4v) is 3.22. The number of esters is 1. The van der Waals surface area contributed by atoms with Gasteiger partial charge in [-0.25, -0.2) is 14.2 Å². The molecular weight excluding hydrogens is 387 g/mol. The lowest BCUT2D eigenvalue weighted by molar-refractivity contribution is -0.145. The van der Waals surface area contributed by atoms with Gasteiger partial charge >= 0.3 is 5.97 Å². The number of H-pyrrole nitrogens is 1. The Morgan fingerprint density at radius 2 is 2.00 bits per heavy atom. The van der Waals surface area contributed by atoms with E-state index in [0.717, 1.165) is 10.9 Å². The van der Waals surface area contributed by atoms with E-state index in [1.165, 1.54) is 12.1 Å². The fourth-order valence-electron chi connectivity index (χ4n) is 3.22. The molecule has 0 radical (unpaired) electrons. The molecule has 1 atom stereocenters. The molecule has 4 aromatic rings. The summed E-state index contributed by atoms with van der Waals surface area (Å²) in [5.41, 5.74) is 2.25. The molecule has 2 N–H and O–H groups in total. The van der Waals surface area contributed by atoms with Crippen molar-refractivity contribution in [2.75, 3.05) is 6.61 Å². The lowest BCUT2D eigenvalue weighted by Gasteiger charge is -2.16. The molecule has 2 aromatic heterocycles. The summed E-state index contributed by atoms with van der Waals surface area (Å²) in [6.07, 6.45) is 1.76. The lowest BCUT2D eigenvalue weighted by atomic mass is 10.1. The molecule has 0 aliphatic heterocycles. The molecule has 0 spiro atoms. The number of hydrogen-bond acceptors (Lipinski definition) is 5. The average molecular weight is 406 g/mol. The van der Waals surface area contributed by atoms with Crippen molar-refractivity contribution < 1.29 is 18.7 Å². The van der Waals surface area contributed by atoms with E-state index in [0.29, 0.717) is 22.4 Å². The van der Waals surface area contributed by atoms with Gasteiger partial charge < -0.3 is 15.0 Å². The highest BCUT2D eigenvalue weighted by atomic mass is 19.1. The van der Waals surface area contributed by atoms with Crippen LogP contribution in [-0.2, 0) is 16.0 Å². The molecule has 0 aliphatic carbocycles. The average Bonchev–Trinajstić information content (AvgIpc) is 3.14. The first-order valence-electron chi connectivity index (χ1n) is 9.50. The first kappa shape index (κ1) is 19.5. The Hall–Kier alpha value is -3.81. The van der Waals surface area contributed by atoms with Crippen LogP contribution in [0.2, 0.25) is 0 Å². The molecule has 4 rings (SSSR count). The molecule has 1 unspecified atom stereocenters. The molecule has 2 heterocycles. The van der Waals surface area contributed by atoms with Crippen LogP contribution in [0.4, 0.5) is 4.39 Å². The van der Waals surface area contributed by atoms with Crippen molar-refractivity contribution in [2.45, 2.75) is 19.4 Å². The van der Waals surface area contributed by atoms with Crippen molar-refractivity contribution in [1.29, 1.82) is 0 Å². The zero-order chi connectivity index (χ0) is 21.1. The third-order valence-electron chi connectivity index (χ3n) is 4.63. The number of ether oxygens (including phenoxy) is 1. The first-order valence-corrected chi connectivity index (χ1v) is 9.50. The summed E-state index contributed by atoms with van der Waals surface area (Å²) in [6.45, 7) is 1.87. The molecule has 0 saturated heterocycles. The summed E-state index contributed by atoms with van der Waals surface area (Å²) in [4.78, 5) is 36.8. The van der Waals surface area contributed by atoms with Gasteiger partial charge in [0.1, 0.15) is 17.7 Å². The normalized spacial score (nSPS) is 12.1. The quantitative estimate of drug-likeness (QED) is 0.480. The summed E-state index contributed by atoms with van der Waals surface area (Å²) in [5.74, 6) is -0.934. The SMILES string of the molecule is CCOC(=O)C(Cc1nc2ccc(F)cc2[nH]1)NC(=O)c1ccc2ncccc2c1. The minimum Gasteiger partial charge on any atom is -0.464 e. The van der Waals surface area contributed by atoms with E-state index >= 15 is 0 Å². The lowest BCUT2D eigenvalue weighted by Crippen LogP contribution is -2.43. The number of carbonyl (C=O) groups is 2. The second-order valence-electron chi connectivity index (χ2n) is 6.74. The van der Waals surface area contributed by atoms with Crippen LogP contribution in [0.25, 0.3) is 21.9 Å². The topological polar surface area (TPSA) is 97.0 Å². The van der Waals surface area contributed by atoms with E-state index in [4.69, 9.17) is 4.74 Å². The number of rotatable bonds is 6. The number of nitrogens with zero attached hydrogens (tertiary/aromatic N) is 2. The van der Waals surface area contributed by atoms with Crippen LogP contribution in [0.3, 0.4) is 0 Å². The van der Waals surface area contributed by atoms with Gasteiger partial charge in [-0.3, -0.25) is 9.78 Å². The standard InChI is InChI=1S/C22H19FN4O3/c1-2-30-22(29)19(12-20-25-17-8-6-15(23)11-18(17)26-20)27-21(28)14-5-7-16-13(10-14)4-3-9-24-16/h3-11,19H,2,12H2,1H3,(H,25,26)(H,27,28). The number of aromatic nitrogens is 3. The number of nitrogens with one attached hydrogen (secondary N) is 2. The maximum atomic E-state index is 13.4. The van der Waals surface area contributed by atoms with Crippen LogP contribution in [0.15, 0.2) is 54.7 Å². The third kappa shape index (κ3) is 4.12. The summed E-state index contributed by atoms with van der Waals surface area (Å²) < 4.78 is 18.5. The van der Waals surface area contributed by atoms with Crippen LogP contribution in [0, 0.1) is 5.82 Å². The Balaban J connectivity index is 1.57. The largest absolute Gasteiger partial charge is 0.464 e. The number of carbonyl (C=O) groups excluding carboxylic acids is 2. The van der Waals surface area contributed by atoms with Gasteiger partial charge in [0.2, 0.25) is 0 Å². The van der Waals surface area contributed by atoms with Crippen molar-refractivity contribution in [3.63, 3.8) is 0 Å². The number of benzene rings is 2. The van der Waals surface area contributed by atoms with Crippen LogP contribution in [-0.4, -0.2) is 39.5 Å². The Morgan fingerprint density at radius 3 is 2.83 bits per heavy atom. The molecule has 2 aromatic carbocycles. The number of hydrogen-bond donors (Lipinski definition) is 2. The molecule has 0 saturated carbocycles. The highest BCUT2D eigenvalue weighted by Gasteiger charge is 2.25. The van der Waals surface area contributed by atoms with Gasteiger partial charge in [0.05, 0.1) is 23.2 Å². The van der Waals surface area contributed by atoms with Crippen molar-refractivity contribution in [1.82, 2.24) is 20.3 Å². The molecular formula is C22H19FN4O3.